The van der Waals surface area contributed by atoms with Crippen LogP contribution < -0.4 is 10.6 Å². The molecule has 0 saturated heterocycles. The summed E-state index contributed by atoms with van der Waals surface area (Å²) in [6.45, 7) is 2.61. The first-order valence-electron chi connectivity index (χ1n) is 14.0. The predicted octanol–water partition coefficient (Wildman–Crippen LogP) is 6.36. The lowest BCUT2D eigenvalue weighted by Gasteiger charge is -2.18. The molecule has 6 nitrogen and oxygen atoms in total. The SMILES string of the molecule is CCCCCCCCCCCCCCCCCCNC(Cc1ccc(O)cc1)C(=O)NCC(=O)O. The summed E-state index contributed by atoms with van der Waals surface area (Å²) in [5, 5.41) is 24.0. The van der Waals surface area contributed by atoms with Crippen LogP contribution in [0.3, 0.4) is 0 Å². The average molecular weight is 491 g/mol. The lowest BCUT2D eigenvalue weighted by Crippen LogP contribution is -2.47. The van der Waals surface area contributed by atoms with Crippen molar-refractivity contribution >= 4 is 11.9 Å². The van der Waals surface area contributed by atoms with Gasteiger partial charge >= 0.3 is 5.97 Å². The third-order valence-corrected chi connectivity index (χ3v) is 6.53. The molecular weight excluding hydrogens is 440 g/mol. The molecule has 1 unspecified atom stereocenters. The molecule has 1 aromatic rings. The van der Waals surface area contributed by atoms with Crippen LogP contribution in [0.5, 0.6) is 5.75 Å². The highest BCUT2D eigenvalue weighted by Gasteiger charge is 2.18. The van der Waals surface area contributed by atoms with E-state index < -0.39 is 12.0 Å². The Morgan fingerprint density at radius 1 is 0.743 bits per heavy atom. The molecule has 1 atom stereocenters. The molecule has 4 N–H and O–H groups in total. The van der Waals surface area contributed by atoms with Crippen LogP contribution in [0, 0.1) is 0 Å². The summed E-state index contributed by atoms with van der Waals surface area (Å²) in [4.78, 5) is 23.2. The molecule has 35 heavy (non-hydrogen) atoms. The van der Waals surface area contributed by atoms with Crippen molar-refractivity contribution < 1.29 is 19.8 Å². The van der Waals surface area contributed by atoms with Crippen LogP contribution in [0.4, 0.5) is 0 Å². The first kappa shape index (κ1) is 31.0. The number of benzene rings is 1. The number of amides is 1. The topological polar surface area (TPSA) is 98.7 Å². The number of aromatic hydroxyl groups is 1. The molecule has 200 valence electrons. The van der Waals surface area contributed by atoms with E-state index in [2.05, 4.69) is 17.6 Å². The summed E-state index contributed by atoms with van der Waals surface area (Å²) in [5.41, 5.74) is 0.915. The third-order valence-electron chi connectivity index (χ3n) is 6.53. The van der Waals surface area contributed by atoms with Crippen LogP contribution >= 0.6 is 0 Å². The molecule has 0 aromatic heterocycles. The molecule has 0 aliphatic rings. The predicted molar refractivity (Wildman–Crippen MR) is 144 cm³/mol. The fourth-order valence-corrected chi connectivity index (χ4v) is 4.36. The second-order valence-electron chi connectivity index (χ2n) is 9.79. The number of phenols is 1. The standard InChI is InChI=1S/C29H50N2O4/c1-2-3-4-5-6-7-8-9-10-11-12-13-14-15-16-17-22-30-27(29(35)31-24-28(33)34)23-25-18-20-26(32)21-19-25/h18-21,27,30,32H,2-17,22-24H2,1H3,(H,31,35)(H,33,34). The molecule has 0 aliphatic heterocycles. The number of hydrogen-bond donors (Lipinski definition) is 4. The minimum Gasteiger partial charge on any atom is -0.508 e. The molecule has 0 heterocycles. The van der Waals surface area contributed by atoms with Crippen molar-refractivity contribution in [1.82, 2.24) is 10.6 Å². The van der Waals surface area contributed by atoms with Gasteiger partial charge in [0.15, 0.2) is 0 Å². The highest BCUT2D eigenvalue weighted by atomic mass is 16.4. The zero-order valence-corrected chi connectivity index (χ0v) is 22.0. The number of carbonyl (C=O) groups excluding carboxylic acids is 1. The lowest BCUT2D eigenvalue weighted by atomic mass is 10.0. The number of unbranched alkanes of at least 4 members (excludes halogenated alkanes) is 15. The van der Waals surface area contributed by atoms with E-state index in [1.54, 1.807) is 24.3 Å². The molecule has 1 rings (SSSR count). The molecule has 0 fully saturated rings. The Morgan fingerprint density at radius 3 is 1.66 bits per heavy atom. The Hall–Kier alpha value is -2.08. The number of carboxylic acids is 1. The Morgan fingerprint density at radius 2 is 1.20 bits per heavy atom. The van der Waals surface area contributed by atoms with E-state index in [4.69, 9.17) is 5.11 Å². The first-order valence-corrected chi connectivity index (χ1v) is 14.0. The largest absolute Gasteiger partial charge is 0.508 e. The van der Waals surface area contributed by atoms with Gasteiger partial charge in [0.05, 0.1) is 6.04 Å². The summed E-state index contributed by atoms with van der Waals surface area (Å²) in [6.07, 6.45) is 21.6. The van der Waals surface area contributed by atoms with Crippen molar-refractivity contribution in [3.05, 3.63) is 29.8 Å². The van der Waals surface area contributed by atoms with E-state index in [1.165, 1.54) is 89.9 Å². The van der Waals surface area contributed by atoms with Gasteiger partial charge in [0.2, 0.25) is 5.91 Å². The Kier molecular flexibility index (Phi) is 18.8. The molecule has 6 heteroatoms. The van der Waals surface area contributed by atoms with Crippen molar-refractivity contribution in [2.45, 2.75) is 122 Å². The van der Waals surface area contributed by atoms with Crippen LogP contribution in [0.2, 0.25) is 0 Å². The van der Waals surface area contributed by atoms with Crippen LogP contribution in [-0.2, 0) is 16.0 Å². The van der Waals surface area contributed by atoms with Gasteiger partial charge in [-0.15, -0.1) is 0 Å². The minimum atomic E-state index is -1.06. The zero-order valence-electron chi connectivity index (χ0n) is 22.0. The number of aliphatic carboxylic acids is 1. The number of carboxylic acid groups (broad SMARTS) is 1. The Balaban J connectivity index is 2.07. The quantitative estimate of drug-likeness (QED) is 0.134. The van der Waals surface area contributed by atoms with Gasteiger partial charge in [-0.25, -0.2) is 0 Å². The van der Waals surface area contributed by atoms with E-state index in [0.29, 0.717) is 6.42 Å². The van der Waals surface area contributed by atoms with Gasteiger partial charge in [-0.3, -0.25) is 9.59 Å². The van der Waals surface area contributed by atoms with E-state index in [1.807, 2.05) is 0 Å². The molecule has 0 radical (unpaired) electrons. The molecular formula is C29H50N2O4. The van der Waals surface area contributed by atoms with Gasteiger partial charge in [-0.05, 0) is 37.1 Å². The van der Waals surface area contributed by atoms with Crippen molar-refractivity contribution in [3.8, 4) is 5.75 Å². The third kappa shape index (κ3) is 17.9. The van der Waals surface area contributed by atoms with Gasteiger partial charge in [0.25, 0.3) is 0 Å². The highest BCUT2D eigenvalue weighted by Crippen LogP contribution is 2.14. The summed E-state index contributed by atoms with van der Waals surface area (Å²) in [5.74, 6) is -1.18. The maximum atomic E-state index is 12.4. The summed E-state index contributed by atoms with van der Waals surface area (Å²) in [7, 11) is 0. The van der Waals surface area contributed by atoms with E-state index in [-0.39, 0.29) is 18.2 Å². The average Bonchev–Trinajstić information content (AvgIpc) is 2.84. The molecule has 1 amide bonds. The zero-order chi connectivity index (χ0) is 25.6. The molecule has 0 bridgehead atoms. The fourth-order valence-electron chi connectivity index (χ4n) is 4.36. The van der Waals surface area contributed by atoms with Gasteiger partial charge in [-0.2, -0.15) is 0 Å². The molecule has 0 saturated carbocycles. The van der Waals surface area contributed by atoms with Gasteiger partial charge in [-0.1, -0.05) is 115 Å². The second-order valence-corrected chi connectivity index (χ2v) is 9.79. The van der Waals surface area contributed by atoms with E-state index in [9.17, 15) is 14.7 Å². The Labute approximate surface area is 213 Å². The van der Waals surface area contributed by atoms with Crippen molar-refractivity contribution in [2.75, 3.05) is 13.1 Å². The number of rotatable bonds is 23. The van der Waals surface area contributed by atoms with Gasteiger partial charge in [0.1, 0.15) is 12.3 Å². The van der Waals surface area contributed by atoms with Gasteiger partial charge in [0, 0.05) is 0 Å². The van der Waals surface area contributed by atoms with Crippen LogP contribution in [0.15, 0.2) is 24.3 Å². The van der Waals surface area contributed by atoms with Crippen LogP contribution in [-0.4, -0.2) is 41.2 Å². The lowest BCUT2D eigenvalue weighted by molar-refractivity contribution is -0.138. The van der Waals surface area contributed by atoms with Crippen molar-refractivity contribution in [3.63, 3.8) is 0 Å². The highest BCUT2D eigenvalue weighted by molar-refractivity contribution is 5.85. The first-order chi connectivity index (χ1) is 17.0. The maximum Gasteiger partial charge on any atom is 0.322 e. The van der Waals surface area contributed by atoms with E-state index >= 15 is 0 Å². The smallest absolute Gasteiger partial charge is 0.322 e. The van der Waals surface area contributed by atoms with Crippen molar-refractivity contribution in [2.24, 2.45) is 0 Å². The Bertz CT molecular complexity index is 663. The number of nitrogens with one attached hydrogen (secondary N) is 2. The molecule has 1 aromatic carbocycles. The molecule has 0 aliphatic carbocycles. The summed E-state index contributed by atoms with van der Waals surface area (Å²) in [6, 6.07) is 6.26. The summed E-state index contributed by atoms with van der Waals surface area (Å²) >= 11 is 0. The van der Waals surface area contributed by atoms with Crippen LogP contribution in [0.1, 0.15) is 115 Å². The van der Waals surface area contributed by atoms with Crippen LogP contribution in [0.25, 0.3) is 0 Å². The summed E-state index contributed by atoms with van der Waals surface area (Å²) < 4.78 is 0. The monoisotopic (exact) mass is 490 g/mol. The minimum absolute atomic E-state index is 0.182. The normalized spacial score (nSPS) is 11.9. The number of phenolic OH excluding ortho intramolecular Hbond substituents is 1. The molecule has 0 spiro atoms. The van der Waals surface area contributed by atoms with Gasteiger partial charge < -0.3 is 20.8 Å². The van der Waals surface area contributed by atoms with E-state index in [0.717, 1.165) is 24.9 Å². The maximum absolute atomic E-state index is 12.4. The number of carbonyl (C=O) groups is 2. The number of hydrogen-bond acceptors (Lipinski definition) is 4. The second kappa shape index (κ2) is 21.2. The fraction of sp³-hybridized carbons (Fsp3) is 0.724. The van der Waals surface area contributed by atoms with Crippen molar-refractivity contribution in [1.29, 1.82) is 0 Å².